The first-order valence-corrected chi connectivity index (χ1v) is 15.2. The zero-order chi connectivity index (χ0) is 31.1. The monoisotopic (exact) mass is 596 g/mol. The summed E-state index contributed by atoms with van der Waals surface area (Å²) in [5.41, 5.74) is 6.20. The first-order chi connectivity index (χ1) is 22.5. The predicted octanol–water partition coefficient (Wildman–Crippen LogP) is 8.28. The van der Waals surface area contributed by atoms with E-state index in [2.05, 4.69) is 12.2 Å². The molecule has 0 saturated heterocycles. The van der Waals surface area contributed by atoms with Crippen molar-refractivity contribution in [1.82, 2.24) is 0 Å². The molecule has 6 heteroatoms. The Kier molecular flexibility index (Phi) is 5.53. The van der Waals surface area contributed by atoms with Gasteiger partial charge in [0.05, 0.1) is 22.5 Å². The van der Waals surface area contributed by atoms with E-state index in [-0.39, 0.29) is 11.1 Å². The summed E-state index contributed by atoms with van der Waals surface area (Å²) < 4.78 is 0. The van der Waals surface area contributed by atoms with Crippen LogP contribution in [-0.4, -0.2) is 23.6 Å². The third-order valence-electron chi connectivity index (χ3n) is 9.36. The molecule has 0 unspecified atom stereocenters. The molecule has 9 rings (SSSR count). The largest absolute Gasteiger partial charge is 0.268 e. The normalized spacial score (nSPS) is 16.7. The third-order valence-corrected chi connectivity index (χ3v) is 9.36. The summed E-state index contributed by atoms with van der Waals surface area (Å²) >= 11 is 0. The van der Waals surface area contributed by atoms with Gasteiger partial charge in [0.2, 0.25) is 0 Å². The highest BCUT2D eigenvalue weighted by Gasteiger charge is 2.42. The van der Waals surface area contributed by atoms with Gasteiger partial charge in [-0.15, -0.1) is 0 Å². The number of rotatable bonds is 4. The van der Waals surface area contributed by atoms with Crippen molar-refractivity contribution in [1.29, 1.82) is 0 Å². The Bertz CT molecular complexity index is 2240. The summed E-state index contributed by atoms with van der Waals surface area (Å²) in [5, 5.41) is 1.83. The Labute approximate surface area is 263 Å². The Balaban J connectivity index is 1.25. The molecular weight excluding hydrogens is 572 g/mol. The molecule has 2 heterocycles. The molecule has 0 N–H and O–H groups in total. The second-order valence-corrected chi connectivity index (χ2v) is 11.8. The van der Waals surface area contributed by atoms with Crippen LogP contribution in [0.4, 0.5) is 11.4 Å². The number of amides is 4. The summed E-state index contributed by atoms with van der Waals surface area (Å²) in [6.45, 7) is 0. The van der Waals surface area contributed by atoms with Crippen LogP contribution in [0.2, 0.25) is 0 Å². The minimum atomic E-state index is -0.491. The zero-order valence-electron chi connectivity index (χ0n) is 24.5. The van der Waals surface area contributed by atoms with Crippen molar-refractivity contribution in [2.24, 2.45) is 0 Å². The molecule has 0 saturated carbocycles. The van der Waals surface area contributed by atoms with Gasteiger partial charge >= 0.3 is 0 Å². The number of benzene rings is 5. The number of hydrogen-bond donors (Lipinski definition) is 0. The van der Waals surface area contributed by atoms with E-state index in [9.17, 15) is 19.2 Å². The van der Waals surface area contributed by atoms with Crippen LogP contribution in [0.1, 0.15) is 65.4 Å². The maximum atomic E-state index is 14.5. The van der Waals surface area contributed by atoms with Crippen molar-refractivity contribution in [3.8, 4) is 0 Å². The Morgan fingerprint density at radius 2 is 0.935 bits per heavy atom. The van der Waals surface area contributed by atoms with E-state index in [1.54, 1.807) is 24.3 Å². The van der Waals surface area contributed by atoms with Crippen LogP contribution in [0.15, 0.2) is 121 Å². The molecule has 4 aliphatic rings. The number of imide groups is 2. The van der Waals surface area contributed by atoms with E-state index in [4.69, 9.17) is 0 Å². The molecule has 46 heavy (non-hydrogen) atoms. The highest BCUT2D eigenvalue weighted by atomic mass is 16.2. The summed E-state index contributed by atoms with van der Waals surface area (Å²) in [5.74, 6) is -1.95. The highest BCUT2D eigenvalue weighted by molar-refractivity contribution is 6.46. The quantitative estimate of drug-likeness (QED) is 0.155. The Hall–Kier alpha value is -6.14. The van der Waals surface area contributed by atoms with Crippen molar-refractivity contribution in [2.75, 3.05) is 9.80 Å². The van der Waals surface area contributed by atoms with Gasteiger partial charge < -0.3 is 0 Å². The van der Waals surface area contributed by atoms with Gasteiger partial charge in [-0.3, -0.25) is 19.2 Å². The maximum absolute atomic E-state index is 14.5. The third kappa shape index (κ3) is 3.58. The van der Waals surface area contributed by atoms with Crippen LogP contribution >= 0.6 is 0 Å². The first-order valence-electron chi connectivity index (χ1n) is 15.2. The topological polar surface area (TPSA) is 74.8 Å². The lowest BCUT2D eigenvalue weighted by molar-refractivity contribution is 0.0874. The van der Waals surface area contributed by atoms with E-state index in [0.717, 1.165) is 35.1 Å². The van der Waals surface area contributed by atoms with E-state index in [1.807, 2.05) is 85.0 Å². The van der Waals surface area contributed by atoms with E-state index in [1.165, 1.54) is 9.80 Å². The van der Waals surface area contributed by atoms with Crippen molar-refractivity contribution >= 4 is 67.7 Å². The van der Waals surface area contributed by atoms with Crippen LogP contribution in [-0.2, 0) is 0 Å². The molecule has 0 radical (unpaired) electrons. The fourth-order valence-electron chi connectivity index (χ4n) is 7.24. The number of carbonyl (C=O) groups excluding carboxylic acids is 4. The number of allylic oxidation sites excluding steroid dienone is 8. The average molecular weight is 597 g/mol. The molecule has 218 valence electrons. The highest BCUT2D eigenvalue weighted by Crippen LogP contribution is 2.45. The lowest BCUT2D eigenvalue weighted by Gasteiger charge is -2.33. The van der Waals surface area contributed by atoms with Gasteiger partial charge in [-0.2, -0.15) is 0 Å². The van der Waals surface area contributed by atoms with Gasteiger partial charge in [-0.05, 0) is 82.3 Å². The molecule has 6 nitrogen and oxygen atoms in total. The van der Waals surface area contributed by atoms with Crippen LogP contribution in [0.5, 0.6) is 0 Å². The van der Waals surface area contributed by atoms with Gasteiger partial charge in [0.1, 0.15) is 0 Å². The van der Waals surface area contributed by atoms with Gasteiger partial charge in [-0.25, -0.2) is 9.80 Å². The average Bonchev–Trinajstić information content (AvgIpc) is 3.82. The molecule has 0 atom stereocenters. The summed E-state index contributed by atoms with van der Waals surface area (Å²) in [4.78, 5) is 59.8. The van der Waals surface area contributed by atoms with Crippen LogP contribution < -0.4 is 9.80 Å². The van der Waals surface area contributed by atoms with Gasteiger partial charge in [0, 0.05) is 21.9 Å². The molecule has 2 aliphatic heterocycles. The van der Waals surface area contributed by atoms with Crippen molar-refractivity contribution in [3.63, 3.8) is 0 Å². The Morgan fingerprint density at radius 3 is 1.35 bits per heavy atom. The molecule has 5 aromatic rings. The second-order valence-electron chi connectivity index (χ2n) is 11.8. The minimum Gasteiger partial charge on any atom is -0.268 e. The summed E-state index contributed by atoms with van der Waals surface area (Å²) in [6, 6.07) is 25.4. The maximum Gasteiger partial charge on any atom is 0.266 e. The van der Waals surface area contributed by atoms with Crippen molar-refractivity contribution < 1.29 is 19.2 Å². The van der Waals surface area contributed by atoms with Crippen LogP contribution in [0, 0.1) is 0 Å². The van der Waals surface area contributed by atoms with Crippen LogP contribution in [0.25, 0.3) is 32.7 Å². The summed E-state index contributed by atoms with van der Waals surface area (Å²) in [7, 11) is 0. The van der Waals surface area contributed by atoms with Crippen molar-refractivity contribution in [2.45, 2.75) is 12.8 Å². The van der Waals surface area contributed by atoms with E-state index >= 15 is 0 Å². The van der Waals surface area contributed by atoms with E-state index in [0.29, 0.717) is 44.0 Å². The molecule has 0 bridgehead atoms. The zero-order valence-corrected chi connectivity index (χ0v) is 24.5. The first kappa shape index (κ1) is 26.3. The minimum absolute atomic E-state index is 0.282. The SMILES string of the molecule is O=C1c2ccc3c4c(c5ccccc5c(c24)C(=O)N1c1cccc(C2=CC=CC2)c1)C(=O)N(c1cccc(C2=CC=CC2)c1)C3=O. The second kappa shape index (κ2) is 9.68. The van der Waals surface area contributed by atoms with Crippen molar-refractivity contribution in [3.05, 3.63) is 155 Å². The van der Waals surface area contributed by atoms with Crippen LogP contribution in [0.3, 0.4) is 0 Å². The fraction of sp³-hybridized carbons (Fsp3) is 0.0500. The number of fused-ring (bicyclic) bond motifs is 3. The van der Waals surface area contributed by atoms with Gasteiger partial charge in [-0.1, -0.05) is 85.0 Å². The molecule has 4 amide bonds. The number of hydrogen-bond acceptors (Lipinski definition) is 4. The fourth-order valence-corrected chi connectivity index (χ4v) is 7.24. The predicted molar refractivity (Wildman–Crippen MR) is 180 cm³/mol. The molecule has 0 fully saturated rings. The van der Waals surface area contributed by atoms with E-state index < -0.39 is 23.6 Å². The molecule has 5 aromatic carbocycles. The van der Waals surface area contributed by atoms with Gasteiger partial charge in [0.25, 0.3) is 23.6 Å². The number of nitrogens with zero attached hydrogens (tertiary/aromatic N) is 2. The lowest BCUT2D eigenvalue weighted by atomic mass is 9.81. The standard InChI is InChI=1S/C40H24N2O4/c43-37-31-19-20-32-34-33(31)35(39(45)41(37)27-15-7-13-25(21-27)23-9-1-2-10-23)29-17-5-6-18-30(29)36(34)40(46)42(38(32)44)28-16-8-14-26(22-28)24-11-3-4-12-24/h1-9,11,13-22H,10,12H2. The number of carbonyl (C=O) groups is 4. The Morgan fingerprint density at radius 1 is 0.478 bits per heavy atom. The smallest absolute Gasteiger partial charge is 0.266 e. The molecule has 2 aliphatic carbocycles. The summed E-state index contributed by atoms with van der Waals surface area (Å²) in [6.07, 6.45) is 13.7. The van der Waals surface area contributed by atoms with Gasteiger partial charge in [0.15, 0.2) is 0 Å². The molecular formula is C40H24N2O4. The number of anilines is 2. The molecule has 0 aromatic heterocycles. The lowest BCUT2D eigenvalue weighted by Crippen LogP contribution is -2.43. The molecule has 0 spiro atoms.